The van der Waals surface area contributed by atoms with Crippen LogP contribution in [0, 0.1) is 0 Å². The molecule has 0 aliphatic carbocycles. The molecule has 20 heavy (non-hydrogen) atoms. The van der Waals surface area contributed by atoms with E-state index in [2.05, 4.69) is 15.0 Å². The average molecular weight is 281 g/mol. The highest BCUT2D eigenvalue weighted by atomic mass is 16.4. The Bertz CT molecular complexity index is 454. The number of rotatable bonds is 5. The highest BCUT2D eigenvalue weighted by molar-refractivity contribution is 5.80. The van der Waals surface area contributed by atoms with Crippen molar-refractivity contribution >= 4 is 11.9 Å². The fourth-order valence-electron chi connectivity index (χ4n) is 2.24. The van der Waals surface area contributed by atoms with Crippen molar-refractivity contribution in [3.05, 3.63) is 12.7 Å². The molecule has 1 aliphatic heterocycles. The lowest BCUT2D eigenvalue weighted by Gasteiger charge is -2.35. The summed E-state index contributed by atoms with van der Waals surface area (Å²) in [5, 5.41) is 12.6. The van der Waals surface area contributed by atoms with E-state index in [4.69, 9.17) is 5.11 Å². The van der Waals surface area contributed by atoms with Gasteiger partial charge in [-0.05, 0) is 6.92 Å². The summed E-state index contributed by atoms with van der Waals surface area (Å²) >= 11 is 0. The zero-order chi connectivity index (χ0) is 14.5. The van der Waals surface area contributed by atoms with E-state index in [1.165, 1.54) is 12.7 Å². The number of aromatic nitrogens is 3. The van der Waals surface area contributed by atoms with Gasteiger partial charge in [0.05, 0.1) is 6.42 Å². The summed E-state index contributed by atoms with van der Waals surface area (Å²) in [4.78, 5) is 30.5. The number of carbonyl (C=O) groups excluding carboxylic acids is 1. The molecule has 0 spiro atoms. The van der Waals surface area contributed by atoms with Crippen molar-refractivity contribution in [3.63, 3.8) is 0 Å². The SMILES string of the molecule is CC(C(=O)N1CCN(CCC(=O)O)CC1)n1cncn1. The molecule has 8 heteroatoms. The van der Waals surface area contributed by atoms with Crippen LogP contribution in [0.5, 0.6) is 0 Å². The molecule has 1 atom stereocenters. The fourth-order valence-corrected chi connectivity index (χ4v) is 2.24. The highest BCUT2D eigenvalue weighted by Crippen LogP contribution is 2.11. The predicted octanol–water partition coefficient (Wildman–Crippen LogP) is -0.542. The van der Waals surface area contributed by atoms with Gasteiger partial charge in [0.15, 0.2) is 0 Å². The minimum atomic E-state index is -0.789. The molecule has 0 saturated carbocycles. The number of nitrogens with zero attached hydrogens (tertiary/aromatic N) is 5. The maximum Gasteiger partial charge on any atom is 0.304 e. The van der Waals surface area contributed by atoms with Gasteiger partial charge in [0.2, 0.25) is 5.91 Å². The van der Waals surface area contributed by atoms with Crippen LogP contribution in [0.3, 0.4) is 0 Å². The summed E-state index contributed by atoms with van der Waals surface area (Å²) in [5.74, 6) is -0.767. The number of hydrogen-bond donors (Lipinski definition) is 1. The first kappa shape index (κ1) is 14.4. The molecule has 1 aliphatic rings. The van der Waals surface area contributed by atoms with E-state index in [1.807, 2.05) is 0 Å². The van der Waals surface area contributed by atoms with Gasteiger partial charge in [0.1, 0.15) is 18.7 Å². The summed E-state index contributed by atoms with van der Waals surface area (Å²) in [6.45, 7) is 5.00. The monoisotopic (exact) mass is 281 g/mol. The van der Waals surface area contributed by atoms with Crippen LogP contribution in [0.15, 0.2) is 12.7 Å². The summed E-state index contributed by atoms with van der Waals surface area (Å²) in [5.41, 5.74) is 0. The van der Waals surface area contributed by atoms with Crippen LogP contribution in [-0.2, 0) is 9.59 Å². The Kier molecular flexibility index (Phi) is 4.67. The first-order valence-corrected chi connectivity index (χ1v) is 6.65. The van der Waals surface area contributed by atoms with Gasteiger partial charge in [0.25, 0.3) is 0 Å². The van der Waals surface area contributed by atoms with E-state index in [0.717, 1.165) is 0 Å². The molecule has 2 heterocycles. The van der Waals surface area contributed by atoms with E-state index < -0.39 is 5.97 Å². The molecule has 2 rings (SSSR count). The molecule has 1 unspecified atom stereocenters. The minimum absolute atomic E-state index is 0.0217. The van der Waals surface area contributed by atoms with E-state index in [0.29, 0.717) is 32.7 Å². The number of aliphatic carboxylic acids is 1. The van der Waals surface area contributed by atoms with Crippen molar-refractivity contribution < 1.29 is 14.7 Å². The van der Waals surface area contributed by atoms with Gasteiger partial charge in [-0.3, -0.25) is 14.5 Å². The molecular formula is C12H19N5O3. The Labute approximate surface area is 117 Å². The van der Waals surface area contributed by atoms with Crippen LogP contribution < -0.4 is 0 Å². The third-order valence-electron chi connectivity index (χ3n) is 3.52. The number of piperazine rings is 1. The zero-order valence-electron chi connectivity index (χ0n) is 11.5. The van der Waals surface area contributed by atoms with Gasteiger partial charge in [-0.25, -0.2) is 9.67 Å². The van der Waals surface area contributed by atoms with Gasteiger partial charge in [-0.15, -0.1) is 0 Å². The summed E-state index contributed by atoms with van der Waals surface area (Å²) in [7, 11) is 0. The molecule has 1 N–H and O–H groups in total. The van der Waals surface area contributed by atoms with Crippen LogP contribution in [0.1, 0.15) is 19.4 Å². The van der Waals surface area contributed by atoms with Crippen LogP contribution in [0.25, 0.3) is 0 Å². The van der Waals surface area contributed by atoms with E-state index >= 15 is 0 Å². The maximum absolute atomic E-state index is 12.3. The van der Waals surface area contributed by atoms with Crippen LogP contribution in [0.2, 0.25) is 0 Å². The third kappa shape index (κ3) is 3.53. The topological polar surface area (TPSA) is 91.6 Å². The lowest BCUT2D eigenvalue weighted by atomic mass is 10.2. The number of carboxylic acid groups (broad SMARTS) is 1. The second-order valence-corrected chi connectivity index (χ2v) is 4.86. The Morgan fingerprint density at radius 2 is 2.00 bits per heavy atom. The molecule has 0 radical (unpaired) electrons. The lowest BCUT2D eigenvalue weighted by Crippen LogP contribution is -2.50. The third-order valence-corrected chi connectivity index (χ3v) is 3.52. The molecule has 1 saturated heterocycles. The van der Waals surface area contributed by atoms with Crippen molar-refractivity contribution in [3.8, 4) is 0 Å². The Balaban J connectivity index is 1.81. The molecule has 0 bridgehead atoms. The van der Waals surface area contributed by atoms with Crippen LogP contribution in [0.4, 0.5) is 0 Å². The Morgan fingerprint density at radius 1 is 1.30 bits per heavy atom. The maximum atomic E-state index is 12.3. The van der Waals surface area contributed by atoms with Gasteiger partial charge in [0, 0.05) is 32.7 Å². The van der Waals surface area contributed by atoms with Gasteiger partial charge in [-0.2, -0.15) is 5.10 Å². The normalized spacial score (nSPS) is 17.9. The molecule has 1 aromatic heterocycles. The smallest absolute Gasteiger partial charge is 0.304 e. The quantitative estimate of drug-likeness (QED) is 0.779. The van der Waals surface area contributed by atoms with Crippen molar-refractivity contribution in [1.29, 1.82) is 0 Å². The van der Waals surface area contributed by atoms with E-state index in [1.54, 1.807) is 16.5 Å². The summed E-state index contributed by atoms with van der Waals surface area (Å²) in [6, 6.07) is -0.358. The summed E-state index contributed by atoms with van der Waals surface area (Å²) in [6.07, 6.45) is 3.09. The van der Waals surface area contributed by atoms with Gasteiger partial charge in [-0.1, -0.05) is 0 Å². The molecule has 0 aromatic carbocycles. The predicted molar refractivity (Wildman–Crippen MR) is 70.0 cm³/mol. The van der Waals surface area contributed by atoms with Gasteiger partial charge < -0.3 is 10.0 Å². The van der Waals surface area contributed by atoms with E-state index in [-0.39, 0.29) is 18.4 Å². The second-order valence-electron chi connectivity index (χ2n) is 4.86. The summed E-state index contributed by atoms with van der Waals surface area (Å²) < 4.78 is 1.54. The van der Waals surface area contributed by atoms with Crippen molar-refractivity contribution in [2.75, 3.05) is 32.7 Å². The van der Waals surface area contributed by atoms with Gasteiger partial charge >= 0.3 is 5.97 Å². The molecular weight excluding hydrogens is 262 g/mol. The zero-order valence-corrected chi connectivity index (χ0v) is 11.5. The Hall–Kier alpha value is -1.96. The average Bonchev–Trinajstić information content (AvgIpc) is 2.98. The van der Waals surface area contributed by atoms with Crippen LogP contribution in [-0.4, -0.2) is 74.3 Å². The van der Waals surface area contributed by atoms with Crippen LogP contribution >= 0.6 is 0 Å². The first-order chi connectivity index (χ1) is 9.58. The molecule has 1 fully saturated rings. The number of hydrogen-bond acceptors (Lipinski definition) is 5. The van der Waals surface area contributed by atoms with Crippen molar-refractivity contribution in [2.24, 2.45) is 0 Å². The Morgan fingerprint density at radius 3 is 2.55 bits per heavy atom. The number of amides is 1. The lowest BCUT2D eigenvalue weighted by molar-refractivity contribution is -0.139. The molecule has 1 aromatic rings. The molecule has 1 amide bonds. The minimum Gasteiger partial charge on any atom is -0.481 e. The standard InChI is InChI=1S/C12H19N5O3/c1-10(17-9-13-8-14-17)12(20)16-6-4-15(5-7-16)3-2-11(18)19/h8-10H,2-7H2,1H3,(H,18,19). The fraction of sp³-hybridized carbons (Fsp3) is 0.667. The largest absolute Gasteiger partial charge is 0.481 e. The van der Waals surface area contributed by atoms with Crippen molar-refractivity contribution in [2.45, 2.75) is 19.4 Å². The second kappa shape index (κ2) is 6.47. The highest BCUT2D eigenvalue weighted by Gasteiger charge is 2.26. The molecule has 8 nitrogen and oxygen atoms in total. The van der Waals surface area contributed by atoms with Crippen molar-refractivity contribution in [1.82, 2.24) is 24.6 Å². The number of carboxylic acids is 1. The number of carbonyl (C=O) groups is 2. The van der Waals surface area contributed by atoms with E-state index in [9.17, 15) is 9.59 Å². The first-order valence-electron chi connectivity index (χ1n) is 6.65. The molecule has 110 valence electrons.